The van der Waals surface area contributed by atoms with Crippen LogP contribution in [0.1, 0.15) is 16.1 Å². The number of carbonyl (C=O) groups is 1. The van der Waals surface area contributed by atoms with Crippen LogP contribution in [0.4, 0.5) is 5.69 Å². The van der Waals surface area contributed by atoms with Crippen molar-refractivity contribution < 1.29 is 13.2 Å². The number of nitrogens with zero attached hydrogens (tertiary/aromatic N) is 1. The van der Waals surface area contributed by atoms with Crippen molar-refractivity contribution in [3.05, 3.63) is 41.7 Å². The van der Waals surface area contributed by atoms with E-state index in [0.29, 0.717) is 0 Å². The van der Waals surface area contributed by atoms with Gasteiger partial charge < -0.3 is 5.32 Å². The molecule has 2 rings (SSSR count). The topological polar surface area (TPSA) is 104 Å². The summed E-state index contributed by atoms with van der Waals surface area (Å²) in [5, 5.41) is 8.52. The SMILES string of the molecule is CNC(=O)c1[nH]ncc1NS(=O)(=O)c1ccc(C)cc1. The Bertz CT molecular complexity index is 719. The molecule has 0 aliphatic carbocycles. The molecule has 0 atom stereocenters. The van der Waals surface area contributed by atoms with Gasteiger partial charge in [0.05, 0.1) is 16.8 Å². The first-order valence-corrected chi connectivity index (χ1v) is 7.27. The van der Waals surface area contributed by atoms with Gasteiger partial charge in [-0.15, -0.1) is 0 Å². The summed E-state index contributed by atoms with van der Waals surface area (Å²) in [6.07, 6.45) is 1.25. The van der Waals surface area contributed by atoms with E-state index in [1.54, 1.807) is 12.1 Å². The van der Waals surface area contributed by atoms with Gasteiger partial charge in [0, 0.05) is 7.05 Å². The second kappa shape index (κ2) is 5.33. The summed E-state index contributed by atoms with van der Waals surface area (Å²) in [7, 11) is -2.31. The van der Waals surface area contributed by atoms with E-state index in [4.69, 9.17) is 0 Å². The highest BCUT2D eigenvalue weighted by Gasteiger charge is 2.19. The van der Waals surface area contributed by atoms with Crippen LogP contribution >= 0.6 is 0 Å². The molecule has 106 valence electrons. The van der Waals surface area contributed by atoms with Crippen LogP contribution in [-0.2, 0) is 10.0 Å². The molecule has 0 bridgehead atoms. The predicted octanol–water partition coefficient (Wildman–Crippen LogP) is 0.879. The lowest BCUT2D eigenvalue weighted by molar-refractivity contribution is 0.0959. The Morgan fingerprint density at radius 3 is 2.50 bits per heavy atom. The second-order valence-electron chi connectivity index (χ2n) is 4.16. The number of amides is 1. The van der Waals surface area contributed by atoms with E-state index >= 15 is 0 Å². The van der Waals surface area contributed by atoms with Crippen LogP contribution in [0.25, 0.3) is 0 Å². The van der Waals surface area contributed by atoms with Crippen molar-refractivity contribution in [3.63, 3.8) is 0 Å². The number of aryl methyl sites for hydroxylation is 1. The van der Waals surface area contributed by atoms with E-state index in [0.717, 1.165) is 5.56 Å². The van der Waals surface area contributed by atoms with E-state index in [1.165, 1.54) is 25.4 Å². The summed E-state index contributed by atoms with van der Waals surface area (Å²) in [4.78, 5) is 11.7. The number of carbonyl (C=O) groups excluding carboxylic acids is 1. The molecule has 0 radical (unpaired) electrons. The zero-order valence-electron chi connectivity index (χ0n) is 11.0. The standard InChI is InChI=1S/C12H14N4O3S/c1-8-3-5-9(6-4-8)20(18,19)16-10-7-14-15-11(10)12(17)13-2/h3-7,16H,1-2H3,(H,13,17)(H,14,15). The minimum absolute atomic E-state index is 0.0585. The first-order chi connectivity index (χ1) is 9.44. The first kappa shape index (κ1) is 14.1. The fraction of sp³-hybridized carbons (Fsp3) is 0.167. The van der Waals surface area contributed by atoms with Crippen molar-refractivity contribution in [1.82, 2.24) is 15.5 Å². The van der Waals surface area contributed by atoms with Crippen molar-refractivity contribution in [2.45, 2.75) is 11.8 Å². The number of hydrogen-bond acceptors (Lipinski definition) is 4. The van der Waals surface area contributed by atoms with Crippen LogP contribution < -0.4 is 10.0 Å². The lowest BCUT2D eigenvalue weighted by Crippen LogP contribution is -2.21. The van der Waals surface area contributed by atoms with Gasteiger partial charge in [-0.1, -0.05) is 17.7 Å². The molecule has 1 aromatic carbocycles. The first-order valence-electron chi connectivity index (χ1n) is 5.79. The van der Waals surface area contributed by atoms with E-state index in [1.807, 2.05) is 6.92 Å². The normalized spacial score (nSPS) is 11.1. The Morgan fingerprint density at radius 2 is 1.90 bits per heavy atom. The fourth-order valence-corrected chi connectivity index (χ4v) is 2.64. The van der Waals surface area contributed by atoms with Gasteiger partial charge in [0.2, 0.25) is 0 Å². The molecule has 7 nitrogen and oxygen atoms in total. The number of anilines is 1. The summed E-state index contributed by atoms with van der Waals surface area (Å²) >= 11 is 0. The van der Waals surface area contributed by atoms with Crippen molar-refractivity contribution in [2.75, 3.05) is 11.8 Å². The van der Waals surface area contributed by atoms with Crippen molar-refractivity contribution >= 4 is 21.6 Å². The molecule has 1 amide bonds. The minimum atomic E-state index is -3.75. The van der Waals surface area contributed by atoms with Crippen LogP contribution in [-0.4, -0.2) is 31.6 Å². The summed E-state index contributed by atoms with van der Waals surface area (Å²) < 4.78 is 26.7. The minimum Gasteiger partial charge on any atom is -0.354 e. The van der Waals surface area contributed by atoms with Crippen LogP contribution in [0, 0.1) is 6.92 Å². The van der Waals surface area contributed by atoms with E-state index in [-0.39, 0.29) is 16.3 Å². The predicted molar refractivity (Wildman–Crippen MR) is 74.0 cm³/mol. The van der Waals surface area contributed by atoms with Gasteiger partial charge in [-0.2, -0.15) is 5.10 Å². The number of hydrogen-bond donors (Lipinski definition) is 3. The molecule has 8 heteroatoms. The van der Waals surface area contributed by atoms with Gasteiger partial charge in [-0.05, 0) is 19.1 Å². The third-order valence-electron chi connectivity index (χ3n) is 2.67. The number of rotatable bonds is 4. The smallest absolute Gasteiger partial charge is 0.271 e. The lowest BCUT2D eigenvalue weighted by atomic mass is 10.2. The molecular formula is C12H14N4O3S. The van der Waals surface area contributed by atoms with E-state index in [9.17, 15) is 13.2 Å². The quantitative estimate of drug-likeness (QED) is 0.778. The van der Waals surface area contributed by atoms with Crippen LogP contribution in [0.5, 0.6) is 0 Å². The van der Waals surface area contributed by atoms with Gasteiger partial charge in [-0.3, -0.25) is 14.6 Å². The Balaban J connectivity index is 2.32. The van der Waals surface area contributed by atoms with E-state index < -0.39 is 15.9 Å². The largest absolute Gasteiger partial charge is 0.354 e. The molecule has 0 saturated heterocycles. The highest BCUT2D eigenvalue weighted by molar-refractivity contribution is 7.92. The molecule has 0 aliphatic rings. The number of sulfonamides is 1. The summed E-state index contributed by atoms with van der Waals surface area (Å²) in [5.41, 5.74) is 1.12. The lowest BCUT2D eigenvalue weighted by Gasteiger charge is -2.08. The molecular weight excluding hydrogens is 280 g/mol. The third kappa shape index (κ3) is 2.80. The zero-order valence-corrected chi connectivity index (χ0v) is 11.8. The Hall–Kier alpha value is -2.35. The number of aromatic nitrogens is 2. The van der Waals surface area contributed by atoms with E-state index in [2.05, 4.69) is 20.2 Å². The highest BCUT2D eigenvalue weighted by atomic mass is 32.2. The average Bonchev–Trinajstić information content (AvgIpc) is 2.85. The molecule has 1 heterocycles. The maximum Gasteiger partial charge on any atom is 0.271 e. The molecule has 0 unspecified atom stereocenters. The van der Waals surface area contributed by atoms with Crippen molar-refractivity contribution in [1.29, 1.82) is 0 Å². The number of aromatic amines is 1. The number of H-pyrrole nitrogens is 1. The molecule has 2 aromatic rings. The summed E-state index contributed by atoms with van der Waals surface area (Å²) in [5.74, 6) is -0.455. The molecule has 1 aromatic heterocycles. The van der Waals surface area contributed by atoms with Gasteiger partial charge in [0.1, 0.15) is 5.69 Å². The molecule has 0 saturated carbocycles. The molecule has 0 aliphatic heterocycles. The Labute approximate surface area is 116 Å². The Morgan fingerprint density at radius 1 is 1.25 bits per heavy atom. The van der Waals surface area contributed by atoms with Gasteiger partial charge >= 0.3 is 0 Å². The van der Waals surface area contributed by atoms with Crippen molar-refractivity contribution in [3.8, 4) is 0 Å². The maximum absolute atomic E-state index is 12.2. The molecule has 3 N–H and O–H groups in total. The number of benzene rings is 1. The average molecular weight is 294 g/mol. The monoisotopic (exact) mass is 294 g/mol. The van der Waals surface area contributed by atoms with Crippen LogP contribution in [0.3, 0.4) is 0 Å². The molecule has 0 spiro atoms. The third-order valence-corrected chi connectivity index (χ3v) is 4.05. The van der Waals surface area contributed by atoms with Crippen LogP contribution in [0.2, 0.25) is 0 Å². The summed E-state index contributed by atoms with van der Waals surface area (Å²) in [6.45, 7) is 1.86. The molecule has 20 heavy (non-hydrogen) atoms. The highest BCUT2D eigenvalue weighted by Crippen LogP contribution is 2.18. The number of nitrogens with one attached hydrogen (secondary N) is 3. The second-order valence-corrected chi connectivity index (χ2v) is 5.84. The Kier molecular flexibility index (Phi) is 3.75. The summed E-state index contributed by atoms with van der Waals surface area (Å²) in [6, 6.07) is 6.39. The maximum atomic E-state index is 12.2. The van der Waals surface area contributed by atoms with Crippen LogP contribution in [0.15, 0.2) is 35.4 Å². The molecule has 0 fully saturated rings. The van der Waals surface area contributed by atoms with Gasteiger partial charge in [0.25, 0.3) is 15.9 Å². The zero-order chi connectivity index (χ0) is 14.8. The van der Waals surface area contributed by atoms with Gasteiger partial charge in [-0.25, -0.2) is 8.42 Å². The van der Waals surface area contributed by atoms with Crippen molar-refractivity contribution in [2.24, 2.45) is 0 Å². The fourth-order valence-electron chi connectivity index (χ4n) is 1.58. The van der Waals surface area contributed by atoms with Gasteiger partial charge in [0.15, 0.2) is 0 Å².